The normalized spacial score (nSPS) is 10.6. The molecule has 2 nitrogen and oxygen atoms in total. The summed E-state index contributed by atoms with van der Waals surface area (Å²) in [5, 5.41) is 8.74. The van der Waals surface area contributed by atoms with E-state index in [4.69, 9.17) is 5.26 Å². The van der Waals surface area contributed by atoms with Crippen LogP contribution in [-0.4, -0.2) is 13.3 Å². The van der Waals surface area contributed by atoms with Gasteiger partial charge in [0.1, 0.15) is 5.82 Å². The van der Waals surface area contributed by atoms with Gasteiger partial charge in [-0.05, 0) is 41.8 Å². The van der Waals surface area contributed by atoms with Crippen molar-refractivity contribution in [3.05, 3.63) is 58.9 Å². The molecule has 0 unspecified atom stereocenters. The van der Waals surface area contributed by atoms with Gasteiger partial charge in [0.15, 0.2) is 0 Å². The molecule has 0 saturated heterocycles. The number of rotatable bonds is 2. The molecule has 0 N–H and O–H groups in total. The van der Waals surface area contributed by atoms with E-state index in [2.05, 4.69) is 4.99 Å². The van der Waals surface area contributed by atoms with Gasteiger partial charge in [0.25, 0.3) is 0 Å². The zero-order chi connectivity index (χ0) is 13.8. The summed E-state index contributed by atoms with van der Waals surface area (Å²) in [6, 6.07) is 12.1. The van der Waals surface area contributed by atoms with E-state index in [0.717, 1.165) is 16.7 Å². The Bertz CT molecular complexity index is 682. The Morgan fingerprint density at radius 1 is 1.21 bits per heavy atom. The standard InChI is InChI=1S/C16H13FN2/c1-11-3-5-13(8-14(11)10-19-2)15-6-4-12(9-18)7-16(15)17/h3-8,10H,1-2H3. The van der Waals surface area contributed by atoms with Crippen LogP contribution >= 0.6 is 0 Å². The van der Waals surface area contributed by atoms with Crippen LogP contribution in [0.1, 0.15) is 16.7 Å². The monoisotopic (exact) mass is 252 g/mol. The van der Waals surface area contributed by atoms with E-state index in [-0.39, 0.29) is 5.82 Å². The van der Waals surface area contributed by atoms with Crippen LogP contribution in [0.25, 0.3) is 11.1 Å². The van der Waals surface area contributed by atoms with E-state index in [0.29, 0.717) is 11.1 Å². The van der Waals surface area contributed by atoms with Crippen molar-refractivity contribution in [3.8, 4) is 17.2 Å². The van der Waals surface area contributed by atoms with Crippen molar-refractivity contribution in [2.45, 2.75) is 6.92 Å². The third-order valence-electron chi connectivity index (χ3n) is 2.96. The average Bonchev–Trinajstić information content (AvgIpc) is 2.41. The highest BCUT2D eigenvalue weighted by Crippen LogP contribution is 2.25. The third-order valence-corrected chi connectivity index (χ3v) is 2.96. The predicted octanol–water partition coefficient (Wildman–Crippen LogP) is 3.72. The molecule has 94 valence electrons. The van der Waals surface area contributed by atoms with Crippen LogP contribution in [-0.2, 0) is 0 Å². The Hall–Kier alpha value is -2.47. The minimum Gasteiger partial charge on any atom is -0.296 e. The lowest BCUT2D eigenvalue weighted by Crippen LogP contribution is -1.91. The van der Waals surface area contributed by atoms with Gasteiger partial charge in [0.05, 0.1) is 11.6 Å². The van der Waals surface area contributed by atoms with Crippen molar-refractivity contribution in [3.63, 3.8) is 0 Å². The molecule has 0 heterocycles. The predicted molar refractivity (Wildman–Crippen MR) is 74.8 cm³/mol. The van der Waals surface area contributed by atoms with Crippen LogP contribution in [0.3, 0.4) is 0 Å². The van der Waals surface area contributed by atoms with Gasteiger partial charge in [0.2, 0.25) is 0 Å². The lowest BCUT2D eigenvalue weighted by atomic mass is 9.99. The number of nitriles is 1. The van der Waals surface area contributed by atoms with Crippen LogP contribution in [0.5, 0.6) is 0 Å². The first-order chi connectivity index (χ1) is 9.15. The molecule has 2 rings (SSSR count). The molecule has 0 saturated carbocycles. The highest BCUT2D eigenvalue weighted by atomic mass is 19.1. The van der Waals surface area contributed by atoms with E-state index in [1.54, 1.807) is 25.4 Å². The van der Waals surface area contributed by atoms with E-state index in [9.17, 15) is 4.39 Å². The van der Waals surface area contributed by atoms with Gasteiger partial charge in [-0.15, -0.1) is 0 Å². The van der Waals surface area contributed by atoms with Gasteiger partial charge in [-0.1, -0.05) is 18.2 Å². The lowest BCUT2D eigenvalue weighted by molar-refractivity contribution is 0.631. The summed E-state index contributed by atoms with van der Waals surface area (Å²) in [6.45, 7) is 1.98. The molecule has 3 heteroatoms. The molecule has 0 radical (unpaired) electrons. The van der Waals surface area contributed by atoms with Gasteiger partial charge < -0.3 is 0 Å². The molecule has 0 aliphatic carbocycles. The number of aryl methyl sites for hydroxylation is 1. The van der Waals surface area contributed by atoms with Crippen LogP contribution in [0.4, 0.5) is 4.39 Å². The van der Waals surface area contributed by atoms with E-state index >= 15 is 0 Å². The molecule has 0 atom stereocenters. The second kappa shape index (κ2) is 5.45. The highest BCUT2D eigenvalue weighted by molar-refractivity contribution is 5.84. The molecular weight excluding hydrogens is 239 g/mol. The number of benzene rings is 2. The van der Waals surface area contributed by atoms with Gasteiger partial charge in [-0.3, -0.25) is 4.99 Å². The van der Waals surface area contributed by atoms with Gasteiger partial charge in [0, 0.05) is 18.8 Å². The Kier molecular flexibility index (Phi) is 3.72. The molecule has 0 aromatic heterocycles. The van der Waals surface area contributed by atoms with Crippen molar-refractivity contribution in [2.24, 2.45) is 4.99 Å². The van der Waals surface area contributed by atoms with E-state index in [1.807, 2.05) is 31.2 Å². The maximum Gasteiger partial charge on any atom is 0.132 e. The van der Waals surface area contributed by atoms with Crippen molar-refractivity contribution >= 4 is 6.21 Å². The fraction of sp³-hybridized carbons (Fsp3) is 0.125. The fourth-order valence-electron chi connectivity index (χ4n) is 1.90. The summed E-state index contributed by atoms with van der Waals surface area (Å²) in [5.41, 5.74) is 3.64. The number of aliphatic imine (C=N–C) groups is 1. The van der Waals surface area contributed by atoms with Gasteiger partial charge in [-0.2, -0.15) is 5.26 Å². The lowest BCUT2D eigenvalue weighted by Gasteiger charge is -2.07. The van der Waals surface area contributed by atoms with Crippen molar-refractivity contribution < 1.29 is 4.39 Å². The first-order valence-electron chi connectivity index (χ1n) is 5.88. The molecule has 2 aromatic rings. The van der Waals surface area contributed by atoms with Crippen LogP contribution in [0.15, 0.2) is 41.4 Å². The fourth-order valence-corrected chi connectivity index (χ4v) is 1.90. The van der Waals surface area contributed by atoms with Crippen LogP contribution in [0, 0.1) is 24.1 Å². The summed E-state index contributed by atoms with van der Waals surface area (Å²) in [5.74, 6) is -0.387. The highest BCUT2D eigenvalue weighted by Gasteiger charge is 2.07. The second-order valence-electron chi connectivity index (χ2n) is 4.27. The quantitative estimate of drug-likeness (QED) is 0.750. The van der Waals surface area contributed by atoms with E-state index < -0.39 is 0 Å². The van der Waals surface area contributed by atoms with Gasteiger partial charge >= 0.3 is 0 Å². The largest absolute Gasteiger partial charge is 0.296 e. The molecule has 0 bridgehead atoms. The average molecular weight is 252 g/mol. The number of nitrogens with zero attached hydrogens (tertiary/aromatic N) is 2. The topological polar surface area (TPSA) is 36.1 Å². The molecule has 19 heavy (non-hydrogen) atoms. The number of hydrogen-bond acceptors (Lipinski definition) is 2. The Morgan fingerprint density at radius 3 is 2.63 bits per heavy atom. The third kappa shape index (κ3) is 2.69. The van der Waals surface area contributed by atoms with Gasteiger partial charge in [-0.25, -0.2) is 4.39 Å². The first-order valence-corrected chi connectivity index (χ1v) is 5.88. The molecule has 0 spiro atoms. The summed E-state index contributed by atoms with van der Waals surface area (Å²) >= 11 is 0. The molecule has 2 aromatic carbocycles. The molecule has 0 amide bonds. The Labute approximate surface area is 111 Å². The first kappa shape index (κ1) is 13.0. The Morgan fingerprint density at radius 2 is 2.00 bits per heavy atom. The van der Waals surface area contributed by atoms with E-state index in [1.165, 1.54) is 6.07 Å². The summed E-state index contributed by atoms with van der Waals surface area (Å²) in [7, 11) is 1.70. The molecule has 0 aliphatic heterocycles. The molecule has 0 aliphatic rings. The van der Waals surface area contributed by atoms with Crippen molar-refractivity contribution in [1.29, 1.82) is 5.26 Å². The zero-order valence-corrected chi connectivity index (χ0v) is 10.8. The smallest absolute Gasteiger partial charge is 0.132 e. The maximum absolute atomic E-state index is 14.0. The number of halogens is 1. The Balaban J connectivity index is 2.54. The number of hydrogen-bond donors (Lipinski definition) is 0. The molecular formula is C16H13FN2. The minimum absolute atomic E-state index is 0.323. The zero-order valence-electron chi connectivity index (χ0n) is 10.8. The van der Waals surface area contributed by atoms with Crippen molar-refractivity contribution in [2.75, 3.05) is 7.05 Å². The van der Waals surface area contributed by atoms with Crippen LogP contribution in [0.2, 0.25) is 0 Å². The molecule has 0 fully saturated rings. The summed E-state index contributed by atoms with van der Waals surface area (Å²) in [4.78, 5) is 3.99. The maximum atomic E-state index is 14.0. The summed E-state index contributed by atoms with van der Waals surface area (Å²) < 4.78 is 14.0. The minimum atomic E-state index is -0.387. The summed E-state index contributed by atoms with van der Waals surface area (Å²) in [6.07, 6.45) is 1.75. The van der Waals surface area contributed by atoms with Crippen LogP contribution < -0.4 is 0 Å². The van der Waals surface area contributed by atoms with Crippen molar-refractivity contribution in [1.82, 2.24) is 0 Å². The second-order valence-corrected chi connectivity index (χ2v) is 4.27. The SMILES string of the molecule is CN=Cc1cc(-c2ccc(C#N)cc2F)ccc1C.